The minimum Gasteiger partial charge on any atom is -0.494 e. The largest absolute Gasteiger partial charge is 0.494 e. The summed E-state index contributed by atoms with van der Waals surface area (Å²) >= 11 is 0. The Morgan fingerprint density at radius 1 is 0.903 bits per heavy atom. The van der Waals surface area contributed by atoms with Gasteiger partial charge in [0.15, 0.2) is 0 Å². The summed E-state index contributed by atoms with van der Waals surface area (Å²) in [6.07, 6.45) is 10.3. The third-order valence-corrected chi connectivity index (χ3v) is 6.58. The average molecular weight is 423 g/mol. The van der Waals surface area contributed by atoms with Crippen LogP contribution in [0.2, 0.25) is 0 Å². The standard InChI is InChI=1S/C28H38O3/c1-4-6-7-8-22-9-18-27(21(3)20-22)23-10-12-24(13-11-23)28(29)31-26-16-14-25(15-17-26)30-19-5-2/h10-17,21-22,27H,4-9,18-20H2,1-3H3. The van der Waals surface area contributed by atoms with Crippen LogP contribution < -0.4 is 9.47 Å². The van der Waals surface area contributed by atoms with Crippen molar-refractivity contribution in [1.29, 1.82) is 0 Å². The van der Waals surface area contributed by atoms with Crippen molar-refractivity contribution in [3.63, 3.8) is 0 Å². The molecular weight excluding hydrogens is 384 g/mol. The van der Waals surface area contributed by atoms with Gasteiger partial charge < -0.3 is 9.47 Å². The van der Waals surface area contributed by atoms with Crippen LogP contribution in [0.4, 0.5) is 0 Å². The van der Waals surface area contributed by atoms with E-state index in [2.05, 4.69) is 32.9 Å². The third kappa shape index (κ3) is 6.85. The van der Waals surface area contributed by atoms with Crippen molar-refractivity contribution in [2.45, 2.75) is 78.1 Å². The Morgan fingerprint density at radius 2 is 1.61 bits per heavy atom. The fraction of sp³-hybridized carbons (Fsp3) is 0.536. The highest BCUT2D eigenvalue weighted by Gasteiger charge is 2.28. The van der Waals surface area contributed by atoms with Crippen LogP contribution in [0, 0.1) is 11.8 Å². The summed E-state index contributed by atoms with van der Waals surface area (Å²) in [7, 11) is 0. The van der Waals surface area contributed by atoms with Crippen molar-refractivity contribution >= 4 is 5.97 Å². The normalized spacial score (nSPS) is 20.9. The maximum atomic E-state index is 12.5. The van der Waals surface area contributed by atoms with Crippen molar-refractivity contribution in [3.05, 3.63) is 59.7 Å². The Kier molecular flexibility index (Phi) is 8.99. The SMILES string of the molecule is CCCCCC1CCC(c2ccc(C(=O)Oc3ccc(OCCC)cc3)cc2)C(C)C1. The predicted molar refractivity (Wildman–Crippen MR) is 127 cm³/mol. The molecule has 0 heterocycles. The zero-order valence-electron chi connectivity index (χ0n) is 19.4. The molecule has 2 aromatic carbocycles. The molecule has 3 nitrogen and oxygen atoms in total. The van der Waals surface area contributed by atoms with Gasteiger partial charge in [0.05, 0.1) is 12.2 Å². The summed E-state index contributed by atoms with van der Waals surface area (Å²) in [6.45, 7) is 7.43. The van der Waals surface area contributed by atoms with Crippen molar-refractivity contribution in [3.8, 4) is 11.5 Å². The molecule has 0 aliphatic heterocycles. The molecule has 0 N–H and O–H groups in total. The van der Waals surface area contributed by atoms with Gasteiger partial charge in [-0.2, -0.15) is 0 Å². The highest BCUT2D eigenvalue weighted by molar-refractivity contribution is 5.91. The second kappa shape index (κ2) is 11.9. The first-order valence-electron chi connectivity index (χ1n) is 12.2. The summed E-state index contributed by atoms with van der Waals surface area (Å²) < 4.78 is 11.1. The van der Waals surface area contributed by atoms with Gasteiger partial charge in [0, 0.05) is 0 Å². The maximum absolute atomic E-state index is 12.5. The van der Waals surface area contributed by atoms with Crippen LogP contribution in [-0.4, -0.2) is 12.6 Å². The molecular formula is C28H38O3. The smallest absolute Gasteiger partial charge is 0.343 e. The summed E-state index contributed by atoms with van der Waals surface area (Å²) in [6, 6.07) is 15.3. The predicted octanol–water partition coefficient (Wildman–Crippen LogP) is 7.79. The Balaban J connectivity index is 1.53. The molecule has 2 aromatic rings. The minimum absolute atomic E-state index is 0.318. The van der Waals surface area contributed by atoms with Crippen LogP contribution in [0.3, 0.4) is 0 Å². The molecule has 31 heavy (non-hydrogen) atoms. The van der Waals surface area contributed by atoms with Crippen LogP contribution in [0.1, 0.15) is 94.0 Å². The van der Waals surface area contributed by atoms with Crippen molar-refractivity contribution < 1.29 is 14.3 Å². The Bertz CT molecular complexity index is 794. The number of carbonyl (C=O) groups excluding carboxylic acids is 1. The van der Waals surface area contributed by atoms with Crippen molar-refractivity contribution in [2.24, 2.45) is 11.8 Å². The fourth-order valence-electron chi connectivity index (χ4n) is 4.80. The summed E-state index contributed by atoms with van der Waals surface area (Å²) in [5, 5.41) is 0. The van der Waals surface area contributed by atoms with E-state index < -0.39 is 0 Å². The van der Waals surface area contributed by atoms with Crippen LogP contribution in [0.5, 0.6) is 11.5 Å². The van der Waals surface area contributed by atoms with E-state index in [9.17, 15) is 4.79 Å². The lowest BCUT2D eigenvalue weighted by Gasteiger charge is -2.34. The maximum Gasteiger partial charge on any atom is 0.343 e. The number of hydrogen-bond donors (Lipinski definition) is 0. The molecule has 1 aliphatic rings. The molecule has 0 aromatic heterocycles. The van der Waals surface area contributed by atoms with E-state index in [0.29, 0.717) is 29.8 Å². The van der Waals surface area contributed by atoms with Crippen LogP contribution >= 0.6 is 0 Å². The Hall–Kier alpha value is -2.29. The minimum atomic E-state index is -0.318. The molecule has 0 spiro atoms. The molecule has 0 saturated heterocycles. The van der Waals surface area contributed by atoms with E-state index in [-0.39, 0.29) is 5.97 Å². The molecule has 3 rings (SSSR count). The Labute approximate surface area is 188 Å². The lowest BCUT2D eigenvalue weighted by atomic mass is 9.71. The van der Waals surface area contributed by atoms with Crippen molar-refractivity contribution in [1.82, 2.24) is 0 Å². The molecule has 3 atom stereocenters. The summed E-state index contributed by atoms with van der Waals surface area (Å²) in [5.74, 6) is 3.20. The first-order valence-corrected chi connectivity index (χ1v) is 12.2. The molecule has 3 unspecified atom stereocenters. The number of benzene rings is 2. The lowest BCUT2D eigenvalue weighted by Crippen LogP contribution is -2.21. The van der Waals surface area contributed by atoms with E-state index in [1.54, 1.807) is 12.1 Å². The number of carbonyl (C=O) groups is 1. The molecule has 1 saturated carbocycles. The highest BCUT2D eigenvalue weighted by atomic mass is 16.5. The van der Waals surface area contributed by atoms with E-state index in [0.717, 1.165) is 18.1 Å². The molecule has 0 bridgehead atoms. The van der Waals surface area contributed by atoms with Crippen LogP contribution in [0.25, 0.3) is 0 Å². The molecule has 3 heteroatoms. The van der Waals surface area contributed by atoms with Crippen molar-refractivity contribution in [2.75, 3.05) is 6.61 Å². The van der Waals surface area contributed by atoms with Gasteiger partial charge in [-0.1, -0.05) is 58.6 Å². The molecule has 1 fully saturated rings. The summed E-state index contributed by atoms with van der Waals surface area (Å²) in [4.78, 5) is 12.5. The second-order valence-corrected chi connectivity index (χ2v) is 9.09. The van der Waals surface area contributed by atoms with Crippen LogP contribution in [0.15, 0.2) is 48.5 Å². The number of esters is 1. The van der Waals surface area contributed by atoms with Gasteiger partial charge in [0.2, 0.25) is 0 Å². The van der Waals surface area contributed by atoms with Gasteiger partial charge >= 0.3 is 5.97 Å². The van der Waals surface area contributed by atoms with Gasteiger partial charge in [0.25, 0.3) is 0 Å². The molecule has 0 radical (unpaired) electrons. The number of rotatable bonds is 10. The molecule has 0 amide bonds. The fourth-order valence-corrected chi connectivity index (χ4v) is 4.80. The van der Waals surface area contributed by atoms with Gasteiger partial charge in [-0.25, -0.2) is 4.79 Å². The second-order valence-electron chi connectivity index (χ2n) is 9.09. The van der Waals surface area contributed by atoms with E-state index in [1.807, 2.05) is 24.3 Å². The zero-order chi connectivity index (χ0) is 22.1. The summed E-state index contributed by atoms with van der Waals surface area (Å²) in [5.41, 5.74) is 1.95. The zero-order valence-corrected chi connectivity index (χ0v) is 19.4. The number of unbranched alkanes of at least 4 members (excludes halogenated alkanes) is 2. The van der Waals surface area contributed by atoms with Gasteiger partial charge in [-0.3, -0.25) is 0 Å². The first-order chi connectivity index (χ1) is 15.1. The average Bonchev–Trinajstić information content (AvgIpc) is 2.79. The first kappa shape index (κ1) is 23.4. The van der Waals surface area contributed by atoms with Crippen LogP contribution in [-0.2, 0) is 0 Å². The lowest BCUT2D eigenvalue weighted by molar-refractivity contribution is 0.0734. The monoisotopic (exact) mass is 422 g/mol. The van der Waals surface area contributed by atoms with Gasteiger partial charge in [-0.15, -0.1) is 0 Å². The quantitative estimate of drug-likeness (QED) is 0.223. The molecule has 1 aliphatic carbocycles. The van der Waals surface area contributed by atoms with Gasteiger partial charge in [0.1, 0.15) is 11.5 Å². The van der Waals surface area contributed by atoms with E-state index in [1.165, 1.54) is 50.5 Å². The Morgan fingerprint density at radius 3 is 2.26 bits per heavy atom. The molecule has 168 valence electrons. The topological polar surface area (TPSA) is 35.5 Å². The third-order valence-electron chi connectivity index (χ3n) is 6.58. The number of ether oxygens (including phenoxy) is 2. The highest BCUT2D eigenvalue weighted by Crippen LogP contribution is 2.41. The number of hydrogen-bond acceptors (Lipinski definition) is 3. The van der Waals surface area contributed by atoms with E-state index >= 15 is 0 Å². The van der Waals surface area contributed by atoms with Gasteiger partial charge in [-0.05, 0) is 85.4 Å². The van der Waals surface area contributed by atoms with E-state index in [4.69, 9.17) is 9.47 Å².